The lowest BCUT2D eigenvalue weighted by Gasteiger charge is -2.05. The zero-order valence-corrected chi connectivity index (χ0v) is 10.0. The molecular weight excluding hydrogens is 258 g/mol. The molecule has 0 fully saturated rings. The first-order valence-corrected chi connectivity index (χ1v) is 5.18. The van der Waals surface area contributed by atoms with Gasteiger partial charge >= 0.3 is 0 Å². The molecule has 0 aliphatic heterocycles. The fourth-order valence-corrected chi connectivity index (χ4v) is 1.31. The summed E-state index contributed by atoms with van der Waals surface area (Å²) in [5.41, 5.74) is 0.745. The topological polar surface area (TPSA) is 38.3 Å². The highest BCUT2D eigenvalue weighted by atomic mass is 79.9. The molecule has 15 heavy (non-hydrogen) atoms. The smallest absolute Gasteiger partial charge is 0.229 e. The molecule has 0 radical (unpaired) electrons. The number of hydrogen-bond acceptors (Lipinski definition) is 2. The summed E-state index contributed by atoms with van der Waals surface area (Å²) >= 11 is 3.14. The van der Waals surface area contributed by atoms with Crippen molar-refractivity contribution in [2.24, 2.45) is 0 Å². The molecule has 1 aromatic carbocycles. The van der Waals surface area contributed by atoms with E-state index in [4.69, 9.17) is 4.74 Å². The third-order valence-electron chi connectivity index (χ3n) is 1.73. The second kappa shape index (κ2) is 5.56. The molecule has 3 nitrogen and oxygen atoms in total. The minimum absolute atomic E-state index is 0.0953. The third kappa shape index (κ3) is 4.16. The summed E-state index contributed by atoms with van der Waals surface area (Å²) < 4.78 is 5.67. The molecule has 1 amide bonds. The number of rotatable bonds is 4. The van der Waals surface area contributed by atoms with Crippen molar-refractivity contribution in [1.82, 2.24) is 0 Å². The van der Waals surface area contributed by atoms with Gasteiger partial charge in [-0.2, -0.15) is 0 Å². The van der Waals surface area contributed by atoms with E-state index in [1.165, 1.54) is 0 Å². The van der Waals surface area contributed by atoms with Gasteiger partial charge in [0.25, 0.3) is 0 Å². The van der Waals surface area contributed by atoms with Crippen molar-refractivity contribution in [2.45, 2.75) is 6.42 Å². The molecule has 1 aromatic rings. The maximum atomic E-state index is 11.3. The number of carbonyl (C=O) groups excluding carboxylic acids is 1. The van der Waals surface area contributed by atoms with Crippen LogP contribution < -0.4 is 10.1 Å². The van der Waals surface area contributed by atoms with E-state index in [-0.39, 0.29) is 12.3 Å². The average Bonchev–Trinajstić information content (AvgIpc) is 2.17. The van der Waals surface area contributed by atoms with Gasteiger partial charge in [-0.1, -0.05) is 22.5 Å². The monoisotopic (exact) mass is 269 g/mol. The van der Waals surface area contributed by atoms with Gasteiger partial charge in [-0.3, -0.25) is 4.79 Å². The van der Waals surface area contributed by atoms with Crippen LogP contribution in [0.25, 0.3) is 0 Å². The molecule has 0 bridgehead atoms. The predicted octanol–water partition coefficient (Wildman–Crippen LogP) is 2.93. The molecule has 0 aliphatic rings. The molecule has 1 rings (SSSR count). The van der Waals surface area contributed by atoms with E-state index in [0.29, 0.717) is 4.48 Å². The van der Waals surface area contributed by atoms with Crippen LogP contribution in [0.3, 0.4) is 0 Å². The maximum Gasteiger partial charge on any atom is 0.229 e. The Morgan fingerprint density at radius 3 is 2.53 bits per heavy atom. The number of ether oxygens (including phenoxy) is 1. The molecule has 1 N–H and O–H groups in total. The van der Waals surface area contributed by atoms with Crippen LogP contribution in [0.2, 0.25) is 0 Å². The number of halogens is 1. The zero-order valence-electron chi connectivity index (χ0n) is 8.42. The van der Waals surface area contributed by atoms with Crippen LogP contribution >= 0.6 is 15.9 Å². The lowest BCUT2D eigenvalue weighted by Crippen LogP contribution is -2.10. The van der Waals surface area contributed by atoms with Gasteiger partial charge in [0, 0.05) is 5.69 Å². The Morgan fingerprint density at radius 2 is 2.07 bits per heavy atom. The van der Waals surface area contributed by atoms with E-state index in [1.807, 2.05) is 0 Å². The molecule has 0 unspecified atom stereocenters. The maximum absolute atomic E-state index is 11.3. The first-order chi connectivity index (χ1) is 7.11. The Bertz CT molecular complexity index is 359. The number of benzene rings is 1. The SMILES string of the molecule is C=C(Br)CC(=O)Nc1ccc(OC)cc1. The first kappa shape index (κ1) is 11.8. The van der Waals surface area contributed by atoms with Gasteiger partial charge in [0.2, 0.25) is 5.91 Å². The Morgan fingerprint density at radius 1 is 1.47 bits per heavy atom. The summed E-state index contributed by atoms with van der Waals surface area (Å²) in [6, 6.07) is 7.15. The fourth-order valence-electron chi connectivity index (χ4n) is 1.05. The fraction of sp³-hybridized carbons (Fsp3) is 0.182. The number of nitrogens with one attached hydrogen (secondary N) is 1. The van der Waals surface area contributed by atoms with E-state index >= 15 is 0 Å². The lowest BCUT2D eigenvalue weighted by molar-refractivity contribution is -0.115. The average molecular weight is 270 g/mol. The van der Waals surface area contributed by atoms with Crippen LogP contribution in [-0.2, 0) is 4.79 Å². The van der Waals surface area contributed by atoms with Crippen molar-refractivity contribution in [1.29, 1.82) is 0 Å². The number of hydrogen-bond donors (Lipinski definition) is 1. The highest BCUT2D eigenvalue weighted by Crippen LogP contribution is 2.16. The van der Waals surface area contributed by atoms with Crippen molar-refractivity contribution in [3.8, 4) is 5.75 Å². The van der Waals surface area contributed by atoms with Gasteiger partial charge in [0.05, 0.1) is 13.5 Å². The number of carbonyl (C=O) groups is 1. The molecular formula is C11H12BrNO2. The lowest BCUT2D eigenvalue weighted by atomic mass is 10.3. The van der Waals surface area contributed by atoms with E-state index < -0.39 is 0 Å². The molecule has 0 saturated heterocycles. The Kier molecular flexibility index (Phi) is 4.37. The summed E-state index contributed by atoms with van der Waals surface area (Å²) in [7, 11) is 1.60. The second-order valence-electron chi connectivity index (χ2n) is 2.97. The standard InChI is InChI=1S/C11H12BrNO2/c1-8(12)7-11(14)13-9-3-5-10(15-2)6-4-9/h3-6H,1,7H2,2H3,(H,13,14). The Labute approximate surface area is 97.3 Å². The minimum Gasteiger partial charge on any atom is -0.497 e. The highest BCUT2D eigenvalue weighted by Gasteiger charge is 2.02. The normalized spacial score (nSPS) is 9.47. The molecule has 4 heteroatoms. The molecule has 0 saturated carbocycles. The molecule has 0 spiro atoms. The van der Waals surface area contributed by atoms with Gasteiger partial charge in [-0.15, -0.1) is 0 Å². The van der Waals surface area contributed by atoms with Crippen molar-refractivity contribution in [3.05, 3.63) is 35.3 Å². The second-order valence-corrected chi connectivity index (χ2v) is 4.09. The van der Waals surface area contributed by atoms with Crippen LogP contribution in [0, 0.1) is 0 Å². The Hall–Kier alpha value is -1.29. The van der Waals surface area contributed by atoms with Gasteiger partial charge in [-0.05, 0) is 28.7 Å². The molecule has 0 atom stereocenters. The van der Waals surface area contributed by atoms with Gasteiger partial charge in [0.1, 0.15) is 5.75 Å². The van der Waals surface area contributed by atoms with Crippen molar-refractivity contribution in [2.75, 3.05) is 12.4 Å². The number of methoxy groups -OCH3 is 1. The van der Waals surface area contributed by atoms with Gasteiger partial charge < -0.3 is 10.1 Å². The third-order valence-corrected chi connectivity index (χ3v) is 2.01. The summed E-state index contributed by atoms with van der Waals surface area (Å²) in [6.45, 7) is 3.60. The van der Waals surface area contributed by atoms with Crippen molar-refractivity contribution < 1.29 is 9.53 Å². The van der Waals surface area contributed by atoms with Crippen LogP contribution in [-0.4, -0.2) is 13.0 Å². The van der Waals surface area contributed by atoms with Crippen molar-refractivity contribution in [3.63, 3.8) is 0 Å². The molecule has 0 aliphatic carbocycles. The molecule has 0 heterocycles. The van der Waals surface area contributed by atoms with Gasteiger partial charge in [-0.25, -0.2) is 0 Å². The van der Waals surface area contributed by atoms with E-state index in [1.54, 1.807) is 31.4 Å². The van der Waals surface area contributed by atoms with Crippen LogP contribution in [0.1, 0.15) is 6.42 Å². The molecule has 80 valence electrons. The predicted molar refractivity (Wildman–Crippen MR) is 64.3 cm³/mol. The van der Waals surface area contributed by atoms with E-state index in [0.717, 1.165) is 11.4 Å². The number of anilines is 1. The van der Waals surface area contributed by atoms with Crippen LogP contribution in [0.5, 0.6) is 5.75 Å². The quantitative estimate of drug-likeness (QED) is 0.913. The van der Waals surface area contributed by atoms with E-state index in [9.17, 15) is 4.79 Å². The van der Waals surface area contributed by atoms with Crippen LogP contribution in [0.15, 0.2) is 35.3 Å². The van der Waals surface area contributed by atoms with Gasteiger partial charge in [0.15, 0.2) is 0 Å². The largest absolute Gasteiger partial charge is 0.497 e. The summed E-state index contributed by atoms with van der Waals surface area (Å²) in [5.74, 6) is 0.667. The van der Waals surface area contributed by atoms with Crippen molar-refractivity contribution >= 4 is 27.5 Å². The summed E-state index contributed by atoms with van der Waals surface area (Å²) in [4.78, 5) is 11.3. The number of amides is 1. The highest BCUT2D eigenvalue weighted by molar-refractivity contribution is 9.11. The molecule has 0 aromatic heterocycles. The van der Waals surface area contributed by atoms with Crippen LogP contribution in [0.4, 0.5) is 5.69 Å². The Balaban J connectivity index is 2.57. The minimum atomic E-state index is -0.0953. The first-order valence-electron chi connectivity index (χ1n) is 4.39. The van der Waals surface area contributed by atoms with E-state index in [2.05, 4.69) is 27.8 Å². The summed E-state index contributed by atoms with van der Waals surface area (Å²) in [5, 5.41) is 2.74. The summed E-state index contributed by atoms with van der Waals surface area (Å²) in [6.07, 6.45) is 0.270. The zero-order chi connectivity index (χ0) is 11.3.